The van der Waals surface area contributed by atoms with Gasteiger partial charge < -0.3 is 15.4 Å². The van der Waals surface area contributed by atoms with E-state index in [0.717, 1.165) is 4.47 Å². The van der Waals surface area contributed by atoms with Crippen LogP contribution in [0.1, 0.15) is 20.8 Å². The fourth-order valence-electron chi connectivity index (χ4n) is 1.37. The molecular weight excluding hydrogens is 302 g/mol. The van der Waals surface area contributed by atoms with E-state index in [2.05, 4.69) is 31.2 Å². The van der Waals surface area contributed by atoms with Gasteiger partial charge in [-0.1, -0.05) is 0 Å². The van der Waals surface area contributed by atoms with Crippen LogP contribution in [0.3, 0.4) is 0 Å². The van der Waals surface area contributed by atoms with Gasteiger partial charge in [0, 0.05) is 16.9 Å². The van der Waals surface area contributed by atoms with Gasteiger partial charge >= 0.3 is 5.97 Å². The Bertz CT molecular complexity index is 609. The van der Waals surface area contributed by atoms with Crippen LogP contribution in [0.5, 0.6) is 0 Å². The molecule has 1 amide bonds. The molecule has 0 aliphatic heterocycles. The third-order valence-electron chi connectivity index (χ3n) is 2.19. The molecule has 0 saturated carbocycles. The number of halogens is 1. The summed E-state index contributed by atoms with van der Waals surface area (Å²) in [5.74, 6) is -1.56. The number of carbonyl (C=O) groups is 2. The molecule has 7 heteroatoms. The van der Waals surface area contributed by atoms with Gasteiger partial charge in [-0.3, -0.25) is 9.78 Å². The third-order valence-corrected chi connectivity index (χ3v) is 2.65. The highest BCUT2D eigenvalue weighted by molar-refractivity contribution is 9.10. The molecule has 92 valence electrons. The van der Waals surface area contributed by atoms with Gasteiger partial charge in [-0.25, -0.2) is 4.79 Å². The van der Waals surface area contributed by atoms with E-state index >= 15 is 0 Å². The Balaban J connectivity index is 2.24. The Hall–Kier alpha value is -2.15. The van der Waals surface area contributed by atoms with Crippen molar-refractivity contribution in [3.8, 4) is 0 Å². The topological polar surface area (TPSA) is 95.1 Å². The molecule has 0 aromatic carbocycles. The molecular formula is C11H8BrN3O3. The summed E-state index contributed by atoms with van der Waals surface area (Å²) in [4.78, 5) is 29.3. The van der Waals surface area contributed by atoms with Crippen molar-refractivity contribution in [3.63, 3.8) is 0 Å². The van der Waals surface area contributed by atoms with Crippen LogP contribution in [-0.4, -0.2) is 27.0 Å². The van der Waals surface area contributed by atoms with Gasteiger partial charge in [-0.05, 0) is 28.1 Å². The van der Waals surface area contributed by atoms with Crippen LogP contribution in [0, 0.1) is 0 Å². The van der Waals surface area contributed by atoms with Gasteiger partial charge in [0.05, 0.1) is 17.4 Å². The summed E-state index contributed by atoms with van der Waals surface area (Å²) < 4.78 is 0.734. The molecule has 3 N–H and O–H groups in total. The zero-order chi connectivity index (χ0) is 13.1. The Morgan fingerprint density at radius 3 is 2.83 bits per heavy atom. The third kappa shape index (κ3) is 2.57. The van der Waals surface area contributed by atoms with E-state index in [1.165, 1.54) is 18.5 Å². The number of carboxylic acids is 1. The number of pyridine rings is 1. The maximum atomic E-state index is 11.8. The number of H-pyrrole nitrogens is 1. The highest BCUT2D eigenvalue weighted by Crippen LogP contribution is 2.16. The number of hydrogen-bond acceptors (Lipinski definition) is 3. The quantitative estimate of drug-likeness (QED) is 0.809. The van der Waals surface area contributed by atoms with Crippen LogP contribution in [0.15, 0.2) is 35.2 Å². The monoisotopic (exact) mass is 309 g/mol. The Morgan fingerprint density at radius 1 is 1.44 bits per heavy atom. The molecule has 2 rings (SSSR count). The van der Waals surface area contributed by atoms with E-state index in [4.69, 9.17) is 5.11 Å². The first kappa shape index (κ1) is 12.3. The van der Waals surface area contributed by atoms with Crippen molar-refractivity contribution >= 4 is 33.5 Å². The number of aromatic nitrogens is 2. The lowest BCUT2D eigenvalue weighted by Crippen LogP contribution is -2.15. The smallest absolute Gasteiger partial charge is 0.337 e. The minimum atomic E-state index is -1.12. The Kier molecular flexibility index (Phi) is 3.42. The van der Waals surface area contributed by atoms with Gasteiger partial charge in [-0.15, -0.1) is 0 Å². The molecule has 0 radical (unpaired) electrons. The average Bonchev–Trinajstić information content (AvgIpc) is 2.76. The van der Waals surface area contributed by atoms with Gasteiger partial charge in [0.1, 0.15) is 5.69 Å². The molecule has 2 heterocycles. The largest absolute Gasteiger partial charge is 0.478 e. The first-order valence-electron chi connectivity index (χ1n) is 4.90. The van der Waals surface area contributed by atoms with Crippen LogP contribution in [0.4, 0.5) is 5.69 Å². The first-order chi connectivity index (χ1) is 8.58. The fourth-order valence-corrected chi connectivity index (χ4v) is 1.71. The molecule has 2 aromatic heterocycles. The molecule has 0 bridgehead atoms. The van der Waals surface area contributed by atoms with E-state index in [9.17, 15) is 9.59 Å². The molecule has 0 saturated heterocycles. The molecule has 0 spiro atoms. The van der Waals surface area contributed by atoms with Crippen molar-refractivity contribution in [1.29, 1.82) is 0 Å². The normalized spacial score (nSPS) is 10.1. The molecule has 2 aromatic rings. The summed E-state index contributed by atoms with van der Waals surface area (Å²) in [5.41, 5.74) is 0.465. The maximum Gasteiger partial charge on any atom is 0.337 e. The predicted molar refractivity (Wildman–Crippen MR) is 67.6 cm³/mol. The highest BCUT2D eigenvalue weighted by Gasteiger charge is 2.14. The summed E-state index contributed by atoms with van der Waals surface area (Å²) in [6, 6.07) is 2.91. The van der Waals surface area contributed by atoms with Crippen molar-refractivity contribution in [2.75, 3.05) is 5.32 Å². The van der Waals surface area contributed by atoms with E-state index in [-0.39, 0.29) is 11.3 Å². The van der Waals surface area contributed by atoms with Gasteiger partial charge in [0.2, 0.25) is 0 Å². The first-order valence-corrected chi connectivity index (χ1v) is 5.70. The Labute approximate surface area is 110 Å². The van der Waals surface area contributed by atoms with Crippen LogP contribution in [0.25, 0.3) is 0 Å². The number of amides is 1. The predicted octanol–water partition coefficient (Wildman–Crippen LogP) is 2.12. The van der Waals surface area contributed by atoms with Crippen LogP contribution < -0.4 is 5.32 Å². The number of rotatable bonds is 3. The van der Waals surface area contributed by atoms with Gasteiger partial charge in [0.15, 0.2) is 0 Å². The number of nitrogens with zero attached hydrogens (tertiary/aromatic N) is 1. The van der Waals surface area contributed by atoms with Gasteiger partial charge in [0.25, 0.3) is 5.91 Å². The van der Waals surface area contributed by atoms with Crippen molar-refractivity contribution in [2.24, 2.45) is 0 Å². The average molecular weight is 310 g/mol. The minimum Gasteiger partial charge on any atom is -0.478 e. The van der Waals surface area contributed by atoms with Crippen molar-refractivity contribution in [2.45, 2.75) is 0 Å². The second-order valence-corrected chi connectivity index (χ2v) is 4.33. The summed E-state index contributed by atoms with van der Waals surface area (Å²) in [5, 5.41) is 11.4. The second kappa shape index (κ2) is 5.01. The molecule has 0 atom stereocenters. The number of aromatic amines is 1. The fraction of sp³-hybridized carbons (Fsp3) is 0. The van der Waals surface area contributed by atoms with E-state index < -0.39 is 11.9 Å². The summed E-state index contributed by atoms with van der Waals surface area (Å²) in [6.45, 7) is 0. The summed E-state index contributed by atoms with van der Waals surface area (Å²) in [6.07, 6.45) is 4.25. The molecule has 0 unspecified atom stereocenters. The number of hydrogen-bond donors (Lipinski definition) is 3. The lowest BCUT2D eigenvalue weighted by atomic mass is 10.2. The van der Waals surface area contributed by atoms with E-state index in [0.29, 0.717) is 5.69 Å². The van der Waals surface area contributed by atoms with Gasteiger partial charge in [-0.2, -0.15) is 0 Å². The number of carboxylic acid groups (broad SMARTS) is 1. The van der Waals surface area contributed by atoms with Crippen molar-refractivity contribution in [1.82, 2.24) is 9.97 Å². The van der Waals surface area contributed by atoms with Crippen LogP contribution in [0.2, 0.25) is 0 Å². The number of nitrogens with one attached hydrogen (secondary N) is 2. The molecule has 18 heavy (non-hydrogen) atoms. The number of aromatic carboxylic acids is 1. The zero-order valence-corrected chi connectivity index (χ0v) is 10.6. The maximum absolute atomic E-state index is 11.8. The molecule has 0 aliphatic carbocycles. The van der Waals surface area contributed by atoms with Crippen molar-refractivity contribution < 1.29 is 14.7 Å². The number of anilines is 1. The number of carbonyl (C=O) groups excluding carboxylic acids is 1. The molecule has 6 nitrogen and oxygen atoms in total. The lowest BCUT2D eigenvalue weighted by molar-refractivity contribution is 0.0698. The lowest BCUT2D eigenvalue weighted by Gasteiger charge is -2.06. The van der Waals surface area contributed by atoms with E-state index in [1.807, 2.05) is 0 Å². The molecule has 0 aliphatic rings. The summed E-state index contributed by atoms with van der Waals surface area (Å²) in [7, 11) is 0. The van der Waals surface area contributed by atoms with Crippen molar-refractivity contribution in [3.05, 3.63) is 46.5 Å². The summed E-state index contributed by atoms with van der Waals surface area (Å²) >= 11 is 3.21. The van der Waals surface area contributed by atoms with Crippen LogP contribution >= 0.6 is 15.9 Å². The highest BCUT2D eigenvalue weighted by atomic mass is 79.9. The standard InChI is InChI=1S/C11H8BrN3O3/c12-6-3-8(14-4-6)10(16)15-9-5-13-2-1-7(9)11(17)18/h1-5,14H,(H,15,16)(H,17,18). The van der Waals surface area contributed by atoms with Crippen LogP contribution in [-0.2, 0) is 0 Å². The Morgan fingerprint density at radius 2 is 2.22 bits per heavy atom. The van der Waals surface area contributed by atoms with E-state index in [1.54, 1.807) is 12.3 Å². The zero-order valence-electron chi connectivity index (χ0n) is 8.98. The minimum absolute atomic E-state index is 0.0102. The molecule has 0 fully saturated rings. The second-order valence-electron chi connectivity index (χ2n) is 3.41. The SMILES string of the molecule is O=C(Nc1cnccc1C(=O)O)c1cc(Br)c[nH]1.